The number of nitrogens with one attached hydrogen (secondary N) is 1. The first kappa shape index (κ1) is 14.7. The van der Waals surface area contributed by atoms with Crippen molar-refractivity contribution < 1.29 is 9.90 Å². The Hall–Kier alpha value is -1.35. The van der Waals surface area contributed by atoms with E-state index in [1.807, 2.05) is 0 Å². The Labute approximate surface area is 109 Å². The molecule has 0 aliphatic heterocycles. The van der Waals surface area contributed by atoms with E-state index in [0.717, 1.165) is 13.0 Å². The van der Waals surface area contributed by atoms with Crippen molar-refractivity contribution in [1.82, 2.24) is 5.32 Å². The van der Waals surface area contributed by atoms with Crippen LogP contribution in [0.4, 0.5) is 0 Å². The first-order valence-corrected chi connectivity index (χ1v) is 6.48. The van der Waals surface area contributed by atoms with Crippen LogP contribution in [0.1, 0.15) is 31.4 Å². The van der Waals surface area contributed by atoms with Gasteiger partial charge in [-0.25, -0.2) is 0 Å². The van der Waals surface area contributed by atoms with E-state index in [1.165, 1.54) is 11.1 Å². The Morgan fingerprint density at radius 3 is 2.39 bits per heavy atom. The SMILES string of the molecule is Cc1ccc(CC(CC(=O)O)NCC(C)C)cc1. The third-order valence-corrected chi connectivity index (χ3v) is 2.84. The summed E-state index contributed by atoms with van der Waals surface area (Å²) in [7, 11) is 0. The van der Waals surface area contributed by atoms with Gasteiger partial charge in [-0.2, -0.15) is 0 Å². The Morgan fingerprint density at radius 2 is 1.89 bits per heavy atom. The molecule has 0 amide bonds. The Bertz CT molecular complexity index is 371. The van der Waals surface area contributed by atoms with E-state index >= 15 is 0 Å². The van der Waals surface area contributed by atoms with Crippen molar-refractivity contribution in [2.24, 2.45) is 5.92 Å². The van der Waals surface area contributed by atoms with Crippen LogP contribution < -0.4 is 5.32 Å². The predicted molar refractivity (Wildman–Crippen MR) is 73.8 cm³/mol. The standard InChI is InChI=1S/C15H23NO2/c1-11(2)10-16-14(9-15(17)18)8-13-6-4-12(3)5-7-13/h4-7,11,14,16H,8-10H2,1-3H3,(H,17,18). The van der Waals surface area contributed by atoms with Gasteiger partial charge in [0, 0.05) is 6.04 Å². The van der Waals surface area contributed by atoms with Crippen LogP contribution in [0.15, 0.2) is 24.3 Å². The average molecular weight is 249 g/mol. The highest BCUT2D eigenvalue weighted by Crippen LogP contribution is 2.08. The second-order valence-electron chi connectivity index (χ2n) is 5.29. The van der Waals surface area contributed by atoms with Gasteiger partial charge in [0.05, 0.1) is 6.42 Å². The minimum Gasteiger partial charge on any atom is -0.481 e. The highest BCUT2D eigenvalue weighted by atomic mass is 16.4. The number of carbonyl (C=O) groups is 1. The zero-order valence-electron chi connectivity index (χ0n) is 11.4. The molecule has 1 aromatic rings. The normalized spacial score (nSPS) is 12.7. The van der Waals surface area contributed by atoms with Gasteiger partial charge in [-0.05, 0) is 31.4 Å². The van der Waals surface area contributed by atoms with Crippen LogP contribution in [0.5, 0.6) is 0 Å². The molecule has 1 unspecified atom stereocenters. The summed E-state index contributed by atoms with van der Waals surface area (Å²) in [6, 6.07) is 8.28. The van der Waals surface area contributed by atoms with Gasteiger partial charge in [-0.3, -0.25) is 4.79 Å². The lowest BCUT2D eigenvalue weighted by molar-refractivity contribution is -0.137. The van der Waals surface area contributed by atoms with E-state index < -0.39 is 5.97 Å². The van der Waals surface area contributed by atoms with Gasteiger partial charge >= 0.3 is 5.97 Å². The topological polar surface area (TPSA) is 49.3 Å². The minimum absolute atomic E-state index is 0.00704. The number of benzene rings is 1. The summed E-state index contributed by atoms with van der Waals surface area (Å²) in [5.41, 5.74) is 2.41. The van der Waals surface area contributed by atoms with Crippen molar-refractivity contribution in [1.29, 1.82) is 0 Å². The molecule has 1 rings (SSSR count). The molecule has 18 heavy (non-hydrogen) atoms. The van der Waals surface area contributed by atoms with E-state index in [-0.39, 0.29) is 12.5 Å². The lowest BCUT2D eigenvalue weighted by atomic mass is 10.0. The van der Waals surface area contributed by atoms with Crippen molar-refractivity contribution >= 4 is 5.97 Å². The molecule has 0 heterocycles. The zero-order chi connectivity index (χ0) is 13.5. The molecule has 0 aliphatic rings. The molecule has 3 heteroatoms. The van der Waals surface area contributed by atoms with E-state index in [4.69, 9.17) is 5.11 Å². The van der Waals surface area contributed by atoms with Crippen LogP contribution in [-0.2, 0) is 11.2 Å². The fourth-order valence-electron chi connectivity index (χ4n) is 1.84. The third kappa shape index (κ3) is 5.82. The van der Waals surface area contributed by atoms with Crippen molar-refractivity contribution in [2.75, 3.05) is 6.54 Å². The highest BCUT2D eigenvalue weighted by Gasteiger charge is 2.13. The Kier molecular flexibility index (Phi) is 5.86. The molecule has 2 N–H and O–H groups in total. The van der Waals surface area contributed by atoms with Crippen LogP contribution in [0.25, 0.3) is 0 Å². The maximum Gasteiger partial charge on any atom is 0.304 e. The van der Waals surface area contributed by atoms with Gasteiger partial charge in [-0.1, -0.05) is 43.7 Å². The van der Waals surface area contributed by atoms with Crippen LogP contribution >= 0.6 is 0 Å². The van der Waals surface area contributed by atoms with Gasteiger partial charge in [0.25, 0.3) is 0 Å². The number of rotatable bonds is 7. The molecule has 0 spiro atoms. The molecule has 1 atom stereocenters. The smallest absolute Gasteiger partial charge is 0.304 e. The van der Waals surface area contributed by atoms with Crippen LogP contribution in [-0.4, -0.2) is 23.7 Å². The fourth-order valence-corrected chi connectivity index (χ4v) is 1.84. The van der Waals surface area contributed by atoms with E-state index in [9.17, 15) is 4.79 Å². The van der Waals surface area contributed by atoms with Crippen molar-refractivity contribution in [3.8, 4) is 0 Å². The molecular formula is C15H23NO2. The number of hydrogen-bond donors (Lipinski definition) is 2. The summed E-state index contributed by atoms with van der Waals surface area (Å²) in [5.74, 6) is -0.220. The van der Waals surface area contributed by atoms with Gasteiger partial charge in [0.2, 0.25) is 0 Å². The minimum atomic E-state index is -0.747. The van der Waals surface area contributed by atoms with Gasteiger partial charge in [-0.15, -0.1) is 0 Å². The van der Waals surface area contributed by atoms with Gasteiger partial charge in [0.1, 0.15) is 0 Å². The molecule has 1 aromatic carbocycles. The molecule has 3 nitrogen and oxygen atoms in total. The number of carboxylic acid groups (broad SMARTS) is 1. The van der Waals surface area contributed by atoms with E-state index in [1.54, 1.807) is 0 Å². The van der Waals surface area contributed by atoms with Crippen LogP contribution in [0.2, 0.25) is 0 Å². The van der Waals surface area contributed by atoms with Gasteiger partial charge in [0.15, 0.2) is 0 Å². The molecule has 0 aromatic heterocycles. The summed E-state index contributed by atoms with van der Waals surface area (Å²) >= 11 is 0. The van der Waals surface area contributed by atoms with E-state index in [2.05, 4.69) is 50.4 Å². The lowest BCUT2D eigenvalue weighted by Gasteiger charge is -2.18. The maximum atomic E-state index is 10.9. The number of hydrogen-bond acceptors (Lipinski definition) is 2. The maximum absolute atomic E-state index is 10.9. The second-order valence-corrected chi connectivity index (χ2v) is 5.29. The lowest BCUT2D eigenvalue weighted by Crippen LogP contribution is -2.35. The first-order chi connectivity index (χ1) is 8.47. The number of carboxylic acids is 1. The zero-order valence-corrected chi connectivity index (χ0v) is 11.4. The molecule has 0 saturated carbocycles. The molecule has 0 aliphatic carbocycles. The third-order valence-electron chi connectivity index (χ3n) is 2.84. The summed E-state index contributed by atoms with van der Waals surface area (Å²) in [5, 5.41) is 12.3. The molecule has 0 saturated heterocycles. The first-order valence-electron chi connectivity index (χ1n) is 6.48. The fraction of sp³-hybridized carbons (Fsp3) is 0.533. The molecule has 0 radical (unpaired) electrons. The van der Waals surface area contributed by atoms with Crippen LogP contribution in [0, 0.1) is 12.8 Å². The predicted octanol–water partition coefficient (Wildman–Crippen LogP) is 2.63. The molecule has 0 bridgehead atoms. The van der Waals surface area contributed by atoms with E-state index in [0.29, 0.717) is 5.92 Å². The summed E-state index contributed by atoms with van der Waals surface area (Å²) < 4.78 is 0. The summed E-state index contributed by atoms with van der Waals surface area (Å²) in [6.07, 6.45) is 0.930. The monoisotopic (exact) mass is 249 g/mol. The van der Waals surface area contributed by atoms with Crippen molar-refractivity contribution in [2.45, 2.75) is 39.7 Å². The highest BCUT2D eigenvalue weighted by molar-refractivity contribution is 5.67. The molecule has 0 fully saturated rings. The van der Waals surface area contributed by atoms with Crippen molar-refractivity contribution in [3.63, 3.8) is 0 Å². The largest absolute Gasteiger partial charge is 0.481 e. The Morgan fingerprint density at radius 1 is 1.28 bits per heavy atom. The van der Waals surface area contributed by atoms with Gasteiger partial charge < -0.3 is 10.4 Å². The molecule has 100 valence electrons. The Balaban J connectivity index is 2.59. The van der Waals surface area contributed by atoms with Crippen molar-refractivity contribution in [3.05, 3.63) is 35.4 Å². The summed E-state index contributed by atoms with van der Waals surface area (Å²) in [4.78, 5) is 10.9. The average Bonchev–Trinajstić information content (AvgIpc) is 2.28. The quantitative estimate of drug-likeness (QED) is 0.781. The number of aliphatic carboxylic acids is 1. The number of aryl methyl sites for hydroxylation is 1. The second kappa shape index (κ2) is 7.17. The summed E-state index contributed by atoms with van der Waals surface area (Å²) in [6.45, 7) is 7.15. The molecular weight excluding hydrogens is 226 g/mol. The van der Waals surface area contributed by atoms with Crippen LogP contribution in [0.3, 0.4) is 0 Å².